The summed E-state index contributed by atoms with van der Waals surface area (Å²) in [6, 6.07) is 16.4. The number of hydrogen-bond acceptors (Lipinski definition) is 9. The van der Waals surface area contributed by atoms with Gasteiger partial charge in [0.05, 0.1) is 32.4 Å². The van der Waals surface area contributed by atoms with E-state index < -0.39 is 60.3 Å². The van der Waals surface area contributed by atoms with Crippen molar-refractivity contribution >= 4 is 24.1 Å². The molecule has 0 unspecified atom stereocenters. The molecule has 12 nitrogen and oxygen atoms in total. The topological polar surface area (TPSA) is 163 Å². The van der Waals surface area contributed by atoms with E-state index in [1.54, 1.807) is 6.92 Å². The Bertz CT molecular complexity index is 1400. The molecule has 2 aromatic carbocycles. The van der Waals surface area contributed by atoms with Gasteiger partial charge >= 0.3 is 24.1 Å². The van der Waals surface area contributed by atoms with Gasteiger partial charge in [0, 0.05) is 11.8 Å². The van der Waals surface area contributed by atoms with Crippen LogP contribution in [0.15, 0.2) is 85.0 Å². The molecular formula is C35H44N2O10. The molecule has 47 heavy (non-hydrogen) atoms. The minimum atomic E-state index is -1.15. The Morgan fingerprint density at radius 1 is 0.723 bits per heavy atom. The standard InChI is InChI=1S/C18H23NO5.C17H21NO5/c1-12(2)9-14-15(20)10-19(16(14)17(21)23-3)18(22)24-11-13-7-5-4-6-8-13;1-11(2)8-13-14(19)9-18(15(13)16(20)21)17(22)23-10-12-6-4-3-5-7-12/h4-8,14-16,20H,1,9-11H2,2-3H3;3-7,13-15,19H,1,8-10H2,2H3,(H,20,21)/t14-,15-,16-;13-,14-,15-/m00/s1. The van der Waals surface area contributed by atoms with Gasteiger partial charge in [-0.05, 0) is 37.8 Å². The second-order valence-corrected chi connectivity index (χ2v) is 11.9. The fourth-order valence-electron chi connectivity index (χ4n) is 5.80. The molecule has 0 spiro atoms. The Morgan fingerprint density at radius 3 is 1.47 bits per heavy atom. The van der Waals surface area contributed by atoms with E-state index in [4.69, 9.17) is 14.2 Å². The summed E-state index contributed by atoms with van der Waals surface area (Å²) in [5, 5.41) is 29.8. The molecule has 0 radical (unpaired) electrons. The highest BCUT2D eigenvalue weighted by atomic mass is 16.6. The first-order chi connectivity index (χ1) is 22.3. The number of hydrogen-bond donors (Lipinski definition) is 3. The molecule has 2 aliphatic heterocycles. The van der Waals surface area contributed by atoms with Crippen LogP contribution in [0.4, 0.5) is 9.59 Å². The monoisotopic (exact) mass is 652 g/mol. The summed E-state index contributed by atoms with van der Waals surface area (Å²) >= 11 is 0. The minimum Gasteiger partial charge on any atom is -0.480 e. The fourth-order valence-corrected chi connectivity index (χ4v) is 5.80. The molecule has 3 N–H and O–H groups in total. The number of aliphatic carboxylic acids is 1. The van der Waals surface area contributed by atoms with Crippen LogP contribution >= 0.6 is 0 Å². The summed E-state index contributed by atoms with van der Waals surface area (Å²) in [5.74, 6) is -2.73. The first-order valence-corrected chi connectivity index (χ1v) is 15.2. The summed E-state index contributed by atoms with van der Waals surface area (Å²) in [4.78, 5) is 50.6. The van der Waals surface area contributed by atoms with Crippen molar-refractivity contribution < 1.29 is 48.7 Å². The number of carbonyl (C=O) groups excluding carboxylic acids is 3. The zero-order valence-electron chi connectivity index (χ0n) is 27.0. The predicted octanol–water partition coefficient (Wildman–Crippen LogP) is 4.16. The average Bonchev–Trinajstić information content (AvgIpc) is 3.54. The molecule has 2 fully saturated rings. The molecule has 0 aliphatic carbocycles. The van der Waals surface area contributed by atoms with Crippen LogP contribution in [0.3, 0.4) is 0 Å². The highest BCUT2D eigenvalue weighted by molar-refractivity contribution is 5.83. The second kappa shape index (κ2) is 17.3. The van der Waals surface area contributed by atoms with Gasteiger partial charge in [0.15, 0.2) is 0 Å². The maximum absolute atomic E-state index is 12.4. The Balaban J connectivity index is 0.000000256. The number of carbonyl (C=O) groups is 4. The van der Waals surface area contributed by atoms with E-state index in [9.17, 15) is 34.5 Å². The summed E-state index contributed by atoms with van der Waals surface area (Å²) in [6.07, 6.45) is -2.32. The molecule has 4 rings (SSSR count). The van der Waals surface area contributed by atoms with Gasteiger partial charge in [-0.1, -0.05) is 71.8 Å². The number of amides is 2. The first-order valence-electron chi connectivity index (χ1n) is 15.2. The van der Waals surface area contributed by atoms with Gasteiger partial charge in [0.1, 0.15) is 25.3 Å². The summed E-state index contributed by atoms with van der Waals surface area (Å²) < 4.78 is 15.3. The molecule has 0 aromatic heterocycles. The van der Waals surface area contributed by atoms with Crippen LogP contribution in [0.5, 0.6) is 0 Å². The van der Waals surface area contributed by atoms with Crippen LogP contribution in [-0.2, 0) is 37.0 Å². The van der Waals surface area contributed by atoms with Gasteiger partial charge in [-0.2, -0.15) is 0 Å². The van der Waals surface area contributed by atoms with E-state index in [2.05, 4.69) is 13.2 Å². The van der Waals surface area contributed by atoms with Crippen molar-refractivity contribution in [2.45, 2.75) is 64.2 Å². The third-order valence-electron chi connectivity index (χ3n) is 7.98. The smallest absolute Gasteiger partial charge is 0.410 e. The quantitative estimate of drug-likeness (QED) is 0.193. The Labute approximate surface area is 274 Å². The molecule has 12 heteroatoms. The van der Waals surface area contributed by atoms with Crippen LogP contribution in [0.25, 0.3) is 0 Å². The number of nitrogens with zero attached hydrogens (tertiary/aromatic N) is 2. The molecule has 0 saturated carbocycles. The van der Waals surface area contributed by atoms with Crippen LogP contribution < -0.4 is 0 Å². The van der Waals surface area contributed by atoms with Crippen LogP contribution in [0.1, 0.15) is 37.8 Å². The number of rotatable bonds is 10. The van der Waals surface area contributed by atoms with Gasteiger partial charge in [-0.3, -0.25) is 9.80 Å². The highest BCUT2D eigenvalue weighted by Crippen LogP contribution is 2.32. The molecular weight excluding hydrogens is 608 g/mol. The average molecular weight is 653 g/mol. The van der Waals surface area contributed by atoms with Gasteiger partial charge < -0.3 is 29.5 Å². The molecule has 2 aliphatic rings. The van der Waals surface area contributed by atoms with Gasteiger partial charge in [-0.25, -0.2) is 19.2 Å². The lowest BCUT2D eigenvalue weighted by Gasteiger charge is -2.25. The molecule has 2 heterocycles. The van der Waals surface area contributed by atoms with E-state index in [0.717, 1.165) is 27.2 Å². The van der Waals surface area contributed by atoms with E-state index in [1.165, 1.54) is 12.0 Å². The molecule has 6 atom stereocenters. The zero-order valence-corrected chi connectivity index (χ0v) is 27.0. The number of aliphatic hydroxyl groups is 2. The third-order valence-corrected chi connectivity index (χ3v) is 7.98. The van der Waals surface area contributed by atoms with E-state index in [-0.39, 0.29) is 26.3 Å². The number of carboxylic acids is 1. The largest absolute Gasteiger partial charge is 0.480 e. The van der Waals surface area contributed by atoms with Gasteiger partial charge in [0.25, 0.3) is 0 Å². The van der Waals surface area contributed by atoms with Crippen molar-refractivity contribution in [2.24, 2.45) is 11.8 Å². The lowest BCUT2D eigenvalue weighted by atomic mass is 9.91. The summed E-state index contributed by atoms with van der Waals surface area (Å²) in [5.41, 5.74) is 3.25. The summed E-state index contributed by atoms with van der Waals surface area (Å²) in [6.45, 7) is 11.3. The maximum atomic E-state index is 12.4. The predicted molar refractivity (Wildman–Crippen MR) is 172 cm³/mol. The second-order valence-electron chi connectivity index (χ2n) is 11.9. The Kier molecular flexibility index (Phi) is 13.5. The van der Waals surface area contributed by atoms with Crippen LogP contribution in [0.2, 0.25) is 0 Å². The number of carboxylic acid groups (broad SMARTS) is 1. The number of aliphatic hydroxyl groups excluding tert-OH is 2. The van der Waals surface area contributed by atoms with Crippen LogP contribution in [0, 0.1) is 11.8 Å². The van der Waals surface area contributed by atoms with Crippen LogP contribution in [-0.4, -0.2) is 93.7 Å². The SMILES string of the molecule is C=C(C)C[C@@H]1[C@@H](C(=O)O)N(C(=O)OCc2ccccc2)C[C@@H]1O.C=C(C)C[C@@H]1[C@@H](C(=O)OC)N(C(=O)OCc2ccccc2)C[C@@H]1O. The number of esters is 1. The van der Waals surface area contributed by atoms with Crippen molar-refractivity contribution in [3.63, 3.8) is 0 Å². The number of allylic oxidation sites excluding steroid dienone is 2. The minimum absolute atomic E-state index is 0.0331. The van der Waals surface area contributed by atoms with E-state index >= 15 is 0 Å². The molecule has 0 bridgehead atoms. The van der Waals surface area contributed by atoms with Gasteiger partial charge in [-0.15, -0.1) is 13.2 Å². The number of ether oxygens (including phenoxy) is 3. The van der Waals surface area contributed by atoms with Crippen molar-refractivity contribution in [3.8, 4) is 0 Å². The van der Waals surface area contributed by atoms with Crippen molar-refractivity contribution in [3.05, 3.63) is 96.1 Å². The van der Waals surface area contributed by atoms with Gasteiger partial charge in [0.2, 0.25) is 0 Å². The van der Waals surface area contributed by atoms with E-state index in [1.807, 2.05) is 67.6 Å². The molecule has 2 amide bonds. The lowest BCUT2D eigenvalue weighted by Crippen LogP contribution is -2.44. The Morgan fingerprint density at radius 2 is 1.11 bits per heavy atom. The lowest BCUT2D eigenvalue weighted by molar-refractivity contribution is -0.147. The van der Waals surface area contributed by atoms with Crippen molar-refractivity contribution in [2.75, 3.05) is 20.2 Å². The first kappa shape index (κ1) is 36.8. The molecule has 2 saturated heterocycles. The maximum Gasteiger partial charge on any atom is 0.410 e. The normalized spacial score (nSPS) is 23.3. The van der Waals surface area contributed by atoms with Crippen molar-refractivity contribution in [1.29, 1.82) is 0 Å². The third kappa shape index (κ3) is 10.2. The van der Waals surface area contributed by atoms with Crippen molar-refractivity contribution in [1.82, 2.24) is 9.80 Å². The number of β-amino-alcohol motifs (C(OH)–C–C–N with tert-alkyl or cyclic N) is 2. The fraction of sp³-hybridized carbons (Fsp3) is 0.429. The summed E-state index contributed by atoms with van der Waals surface area (Å²) in [7, 11) is 1.26. The highest BCUT2D eigenvalue weighted by Gasteiger charge is 2.49. The van der Waals surface area contributed by atoms with E-state index in [0.29, 0.717) is 12.8 Å². The molecule has 2 aromatic rings. The number of methoxy groups -OCH3 is 1. The zero-order chi connectivity index (χ0) is 34.7. The molecule has 254 valence electrons. The number of likely N-dealkylation sites (tertiary alicyclic amines) is 2. The number of benzene rings is 2. The Hall–Kier alpha value is -4.68.